The van der Waals surface area contributed by atoms with Crippen LogP contribution in [0.25, 0.3) is 0 Å². The van der Waals surface area contributed by atoms with E-state index in [1.165, 1.54) is 0 Å². The molecule has 0 aliphatic heterocycles. The van der Waals surface area contributed by atoms with Gasteiger partial charge < -0.3 is 15.2 Å². The molecule has 0 unspecified atom stereocenters. The number of carbonyl (C=O) groups excluding carboxylic acids is 2. The first kappa shape index (κ1) is 15.0. The highest BCUT2D eigenvalue weighted by Gasteiger charge is 2.15. The van der Waals surface area contributed by atoms with Crippen molar-refractivity contribution in [3.63, 3.8) is 0 Å². The third kappa shape index (κ3) is 4.28. The average molecular weight is 265 g/mol. The summed E-state index contributed by atoms with van der Waals surface area (Å²) >= 11 is 0. The normalized spacial score (nSPS) is 10.0. The van der Waals surface area contributed by atoms with Gasteiger partial charge in [-0.05, 0) is 38.0 Å². The Bertz CT molecular complexity index is 457. The first-order valence-electron chi connectivity index (χ1n) is 6.30. The molecule has 0 saturated heterocycles. The van der Waals surface area contributed by atoms with Gasteiger partial charge >= 0.3 is 11.9 Å². The molecule has 0 amide bonds. The summed E-state index contributed by atoms with van der Waals surface area (Å²) < 4.78 is 9.82. The molecular formula is C14H19NO4. The lowest BCUT2D eigenvalue weighted by molar-refractivity contribution is -0.143. The minimum absolute atomic E-state index is 0.189. The molecule has 1 aromatic rings. The molecule has 0 saturated carbocycles. The monoisotopic (exact) mass is 265 g/mol. The summed E-state index contributed by atoms with van der Waals surface area (Å²) in [6.45, 7) is 4.13. The molecule has 0 fully saturated rings. The van der Waals surface area contributed by atoms with E-state index in [0.29, 0.717) is 36.4 Å². The molecule has 0 aromatic heterocycles. The number of hydrogen-bond donors (Lipinski definition) is 1. The molecule has 19 heavy (non-hydrogen) atoms. The van der Waals surface area contributed by atoms with E-state index in [4.69, 9.17) is 15.2 Å². The van der Waals surface area contributed by atoms with Crippen molar-refractivity contribution >= 4 is 17.6 Å². The van der Waals surface area contributed by atoms with E-state index < -0.39 is 5.97 Å². The van der Waals surface area contributed by atoms with E-state index in [9.17, 15) is 9.59 Å². The SMILES string of the molecule is CCOC(=O)CCc1c(N)cccc1C(=O)OCC. The molecule has 0 aliphatic rings. The lowest BCUT2D eigenvalue weighted by Gasteiger charge is -2.11. The Morgan fingerprint density at radius 1 is 1.16 bits per heavy atom. The molecule has 1 rings (SSSR count). The second kappa shape index (κ2) is 7.41. The number of ether oxygens (including phenoxy) is 2. The van der Waals surface area contributed by atoms with Crippen molar-refractivity contribution in [2.75, 3.05) is 18.9 Å². The Labute approximate surface area is 112 Å². The maximum Gasteiger partial charge on any atom is 0.338 e. The second-order valence-corrected chi connectivity index (χ2v) is 3.90. The van der Waals surface area contributed by atoms with Crippen molar-refractivity contribution in [1.82, 2.24) is 0 Å². The molecule has 5 nitrogen and oxygen atoms in total. The quantitative estimate of drug-likeness (QED) is 0.628. The van der Waals surface area contributed by atoms with E-state index in [1.807, 2.05) is 0 Å². The number of carbonyl (C=O) groups is 2. The maximum absolute atomic E-state index is 11.8. The van der Waals surface area contributed by atoms with Gasteiger partial charge in [0.25, 0.3) is 0 Å². The zero-order valence-corrected chi connectivity index (χ0v) is 11.3. The Morgan fingerprint density at radius 3 is 2.47 bits per heavy atom. The van der Waals surface area contributed by atoms with Gasteiger partial charge in [0, 0.05) is 12.1 Å². The number of rotatable bonds is 6. The molecular weight excluding hydrogens is 246 g/mol. The van der Waals surface area contributed by atoms with Crippen molar-refractivity contribution in [2.45, 2.75) is 26.7 Å². The predicted octanol–water partition coefficient (Wildman–Crippen LogP) is 1.94. The van der Waals surface area contributed by atoms with Gasteiger partial charge in [0.2, 0.25) is 0 Å². The first-order chi connectivity index (χ1) is 9.10. The number of hydrogen-bond acceptors (Lipinski definition) is 5. The highest BCUT2D eigenvalue weighted by Crippen LogP contribution is 2.20. The summed E-state index contributed by atoms with van der Waals surface area (Å²) in [6.07, 6.45) is 0.550. The molecule has 0 bridgehead atoms. The van der Waals surface area contributed by atoms with Gasteiger partial charge in [-0.15, -0.1) is 0 Å². The van der Waals surface area contributed by atoms with Crippen LogP contribution in [0.5, 0.6) is 0 Å². The number of nitrogen functional groups attached to an aromatic ring is 1. The van der Waals surface area contributed by atoms with Crippen LogP contribution < -0.4 is 5.73 Å². The largest absolute Gasteiger partial charge is 0.466 e. The summed E-state index contributed by atoms with van der Waals surface area (Å²) in [7, 11) is 0. The first-order valence-corrected chi connectivity index (χ1v) is 6.30. The van der Waals surface area contributed by atoms with Crippen LogP contribution in [0.15, 0.2) is 18.2 Å². The summed E-state index contributed by atoms with van der Waals surface area (Å²) in [5, 5.41) is 0. The van der Waals surface area contributed by atoms with Crippen LogP contribution >= 0.6 is 0 Å². The number of benzene rings is 1. The van der Waals surface area contributed by atoms with E-state index in [-0.39, 0.29) is 12.4 Å². The van der Waals surface area contributed by atoms with Gasteiger partial charge in [-0.25, -0.2) is 4.79 Å². The van der Waals surface area contributed by atoms with Crippen molar-refractivity contribution < 1.29 is 19.1 Å². The third-order valence-electron chi connectivity index (χ3n) is 2.59. The van der Waals surface area contributed by atoms with Crippen LogP contribution in [0.1, 0.15) is 36.2 Å². The van der Waals surface area contributed by atoms with Crippen molar-refractivity contribution in [2.24, 2.45) is 0 Å². The van der Waals surface area contributed by atoms with E-state index in [1.54, 1.807) is 32.0 Å². The zero-order chi connectivity index (χ0) is 14.3. The fourth-order valence-corrected chi connectivity index (χ4v) is 1.74. The van der Waals surface area contributed by atoms with Crippen LogP contribution in [0.4, 0.5) is 5.69 Å². The van der Waals surface area contributed by atoms with Crippen molar-refractivity contribution in [1.29, 1.82) is 0 Å². The van der Waals surface area contributed by atoms with Gasteiger partial charge in [0.1, 0.15) is 0 Å². The predicted molar refractivity (Wildman–Crippen MR) is 71.8 cm³/mol. The fraction of sp³-hybridized carbons (Fsp3) is 0.429. The summed E-state index contributed by atoms with van der Waals surface area (Å²) in [5.74, 6) is -0.728. The minimum Gasteiger partial charge on any atom is -0.466 e. The fourth-order valence-electron chi connectivity index (χ4n) is 1.74. The molecule has 2 N–H and O–H groups in total. The zero-order valence-electron chi connectivity index (χ0n) is 11.3. The third-order valence-corrected chi connectivity index (χ3v) is 2.59. The van der Waals surface area contributed by atoms with Crippen LogP contribution in [0, 0.1) is 0 Å². The summed E-state index contributed by atoms with van der Waals surface area (Å²) in [6, 6.07) is 5.04. The van der Waals surface area contributed by atoms with Crippen LogP contribution in [0.3, 0.4) is 0 Å². The highest BCUT2D eigenvalue weighted by molar-refractivity contribution is 5.93. The summed E-state index contributed by atoms with van der Waals surface area (Å²) in [5.41, 5.74) is 7.38. The van der Waals surface area contributed by atoms with Crippen molar-refractivity contribution in [3.05, 3.63) is 29.3 Å². The van der Waals surface area contributed by atoms with Gasteiger partial charge in [-0.2, -0.15) is 0 Å². The lowest BCUT2D eigenvalue weighted by atomic mass is 10.0. The topological polar surface area (TPSA) is 78.6 Å². The maximum atomic E-state index is 11.8. The summed E-state index contributed by atoms with van der Waals surface area (Å²) in [4.78, 5) is 23.1. The van der Waals surface area contributed by atoms with Crippen LogP contribution in [-0.4, -0.2) is 25.2 Å². The van der Waals surface area contributed by atoms with Gasteiger partial charge in [0.05, 0.1) is 18.8 Å². The second-order valence-electron chi connectivity index (χ2n) is 3.90. The molecule has 5 heteroatoms. The highest BCUT2D eigenvalue weighted by atomic mass is 16.5. The van der Waals surface area contributed by atoms with Gasteiger partial charge in [-0.3, -0.25) is 4.79 Å². The molecule has 0 radical (unpaired) electrons. The van der Waals surface area contributed by atoms with Crippen LogP contribution in [0.2, 0.25) is 0 Å². The Balaban J connectivity index is 2.86. The number of nitrogens with two attached hydrogens (primary N) is 1. The Kier molecular flexibility index (Phi) is 5.85. The molecule has 0 atom stereocenters. The molecule has 104 valence electrons. The van der Waals surface area contributed by atoms with Gasteiger partial charge in [0.15, 0.2) is 0 Å². The number of esters is 2. The standard InChI is InChI=1S/C14H19NO4/c1-3-18-13(16)9-8-10-11(14(17)19-4-2)6-5-7-12(10)15/h5-7H,3-4,8-9,15H2,1-2H3. The average Bonchev–Trinajstić information content (AvgIpc) is 2.37. The Hall–Kier alpha value is -2.04. The molecule has 0 aliphatic carbocycles. The van der Waals surface area contributed by atoms with Crippen molar-refractivity contribution in [3.8, 4) is 0 Å². The smallest absolute Gasteiger partial charge is 0.338 e. The van der Waals surface area contributed by atoms with E-state index in [2.05, 4.69) is 0 Å². The molecule has 1 aromatic carbocycles. The lowest BCUT2D eigenvalue weighted by Crippen LogP contribution is -2.12. The van der Waals surface area contributed by atoms with Gasteiger partial charge in [-0.1, -0.05) is 6.07 Å². The number of anilines is 1. The van der Waals surface area contributed by atoms with E-state index >= 15 is 0 Å². The minimum atomic E-state index is -0.423. The molecule has 0 spiro atoms. The molecule has 0 heterocycles. The van der Waals surface area contributed by atoms with Crippen LogP contribution in [-0.2, 0) is 20.7 Å². The Morgan fingerprint density at radius 2 is 1.84 bits per heavy atom. The van der Waals surface area contributed by atoms with E-state index in [0.717, 1.165) is 0 Å².